The molecule has 14 heavy (non-hydrogen) atoms. The van der Waals surface area contributed by atoms with Crippen molar-refractivity contribution in [2.75, 3.05) is 0 Å². The average molecular weight is 208 g/mol. The Hall–Kier alpha value is -0.820. The molecular formula is C12H14ClN. The zero-order valence-electron chi connectivity index (χ0n) is 8.50. The molecule has 0 saturated carbocycles. The van der Waals surface area contributed by atoms with Crippen LogP contribution in [0.1, 0.15) is 25.0 Å². The van der Waals surface area contributed by atoms with E-state index in [-0.39, 0.29) is 0 Å². The van der Waals surface area contributed by atoms with E-state index in [4.69, 9.17) is 11.6 Å². The van der Waals surface area contributed by atoms with Gasteiger partial charge in [0.1, 0.15) is 5.15 Å². The van der Waals surface area contributed by atoms with Crippen LogP contribution in [0.3, 0.4) is 0 Å². The summed E-state index contributed by atoms with van der Waals surface area (Å²) in [6.07, 6.45) is 7.38. The SMILES string of the molecule is CC(C)C1C=Cc2cnc(Cl)cc2C1. The first-order chi connectivity index (χ1) is 6.66. The molecule has 0 aromatic carbocycles. The number of halogens is 1. The number of hydrogen-bond acceptors (Lipinski definition) is 1. The van der Waals surface area contributed by atoms with Crippen LogP contribution in [-0.2, 0) is 6.42 Å². The van der Waals surface area contributed by atoms with Gasteiger partial charge in [-0.15, -0.1) is 0 Å². The molecule has 0 N–H and O–H groups in total. The highest BCUT2D eigenvalue weighted by atomic mass is 35.5. The standard InChI is InChI=1S/C12H14ClN/c1-8(2)9-3-4-10-7-14-12(13)6-11(10)5-9/h3-4,6-9H,5H2,1-2H3. The van der Waals surface area contributed by atoms with Gasteiger partial charge in [0.05, 0.1) is 0 Å². The highest BCUT2D eigenvalue weighted by molar-refractivity contribution is 6.29. The van der Waals surface area contributed by atoms with Crippen LogP contribution in [0.5, 0.6) is 0 Å². The summed E-state index contributed by atoms with van der Waals surface area (Å²) < 4.78 is 0. The van der Waals surface area contributed by atoms with Crippen LogP contribution in [0.25, 0.3) is 6.08 Å². The summed E-state index contributed by atoms with van der Waals surface area (Å²) in [6, 6.07) is 1.98. The number of nitrogens with zero attached hydrogens (tertiary/aromatic N) is 1. The number of pyridine rings is 1. The van der Waals surface area contributed by atoms with E-state index in [1.807, 2.05) is 12.3 Å². The van der Waals surface area contributed by atoms with Crippen LogP contribution in [-0.4, -0.2) is 4.98 Å². The average Bonchev–Trinajstić information content (AvgIpc) is 2.16. The molecule has 0 bridgehead atoms. The number of allylic oxidation sites excluding steroid dienone is 1. The van der Waals surface area contributed by atoms with Crippen LogP contribution < -0.4 is 0 Å². The van der Waals surface area contributed by atoms with E-state index in [1.165, 1.54) is 11.1 Å². The largest absolute Gasteiger partial charge is 0.244 e. The Morgan fingerprint density at radius 1 is 1.50 bits per heavy atom. The molecule has 0 aliphatic heterocycles. The molecule has 0 radical (unpaired) electrons. The quantitative estimate of drug-likeness (QED) is 0.642. The van der Waals surface area contributed by atoms with E-state index in [0.29, 0.717) is 17.0 Å². The van der Waals surface area contributed by atoms with Crippen molar-refractivity contribution in [1.82, 2.24) is 4.98 Å². The first kappa shape index (κ1) is 9.72. The summed E-state index contributed by atoms with van der Waals surface area (Å²) in [5, 5.41) is 0.599. The topological polar surface area (TPSA) is 12.9 Å². The van der Waals surface area contributed by atoms with Crippen LogP contribution in [0, 0.1) is 11.8 Å². The molecule has 2 heteroatoms. The molecule has 2 rings (SSSR count). The number of fused-ring (bicyclic) bond motifs is 1. The number of aromatic nitrogens is 1. The van der Waals surface area contributed by atoms with Crippen LogP contribution >= 0.6 is 11.6 Å². The Balaban J connectivity index is 2.32. The Morgan fingerprint density at radius 2 is 2.29 bits per heavy atom. The second kappa shape index (κ2) is 3.74. The Labute approximate surface area is 89.8 Å². The smallest absolute Gasteiger partial charge is 0.129 e. The summed E-state index contributed by atoms with van der Waals surface area (Å²) in [5.74, 6) is 1.33. The monoisotopic (exact) mass is 207 g/mol. The second-order valence-electron chi connectivity index (χ2n) is 4.18. The minimum Gasteiger partial charge on any atom is -0.244 e. The maximum Gasteiger partial charge on any atom is 0.129 e. The maximum atomic E-state index is 5.87. The van der Waals surface area contributed by atoms with Crippen molar-refractivity contribution in [3.8, 4) is 0 Å². The lowest BCUT2D eigenvalue weighted by atomic mass is 9.84. The van der Waals surface area contributed by atoms with Crippen LogP contribution in [0.4, 0.5) is 0 Å². The fourth-order valence-electron chi connectivity index (χ4n) is 1.81. The maximum absolute atomic E-state index is 5.87. The summed E-state index contributed by atoms with van der Waals surface area (Å²) in [7, 11) is 0. The van der Waals surface area contributed by atoms with E-state index in [0.717, 1.165) is 6.42 Å². The molecule has 1 nitrogen and oxygen atoms in total. The Morgan fingerprint density at radius 3 is 3.00 bits per heavy atom. The normalized spacial score (nSPS) is 19.9. The number of hydrogen-bond donors (Lipinski definition) is 0. The van der Waals surface area contributed by atoms with Gasteiger partial charge in [0.25, 0.3) is 0 Å². The summed E-state index contributed by atoms with van der Waals surface area (Å²) in [4.78, 5) is 4.08. The first-order valence-corrected chi connectivity index (χ1v) is 5.37. The van der Waals surface area contributed by atoms with Crippen LogP contribution in [0.2, 0.25) is 5.15 Å². The lowest BCUT2D eigenvalue weighted by Crippen LogP contribution is -2.13. The second-order valence-corrected chi connectivity index (χ2v) is 4.56. The third kappa shape index (κ3) is 1.83. The molecule has 1 aromatic rings. The highest BCUT2D eigenvalue weighted by Gasteiger charge is 2.16. The van der Waals surface area contributed by atoms with Crippen molar-refractivity contribution in [3.05, 3.63) is 34.6 Å². The number of rotatable bonds is 1. The minimum absolute atomic E-state index is 0.599. The van der Waals surface area contributed by atoms with E-state index in [1.54, 1.807) is 0 Å². The third-order valence-corrected chi connectivity index (χ3v) is 3.03. The zero-order valence-corrected chi connectivity index (χ0v) is 9.25. The van der Waals surface area contributed by atoms with Gasteiger partial charge >= 0.3 is 0 Å². The van der Waals surface area contributed by atoms with Gasteiger partial charge < -0.3 is 0 Å². The molecule has 0 spiro atoms. The molecule has 1 atom stereocenters. The van der Waals surface area contributed by atoms with Gasteiger partial charge in [0, 0.05) is 6.20 Å². The summed E-state index contributed by atoms with van der Waals surface area (Å²) in [6.45, 7) is 4.51. The van der Waals surface area contributed by atoms with Crippen LogP contribution in [0.15, 0.2) is 18.3 Å². The van der Waals surface area contributed by atoms with Crippen molar-refractivity contribution in [2.24, 2.45) is 11.8 Å². The Kier molecular flexibility index (Phi) is 2.60. The zero-order chi connectivity index (χ0) is 10.1. The fourth-order valence-corrected chi connectivity index (χ4v) is 1.99. The molecule has 1 unspecified atom stereocenters. The lowest BCUT2D eigenvalue weighted by Gasteiger charge is -2.22. The van der Waals surface area contributed by atoms with Crippen molar-refractivity contribution >= 4 is 17.7 Å². The minimum atomic E-state index is 0.599. The molecule has 1 aliphatic carbocycles. The molecule has 0 fully saturated rings. The highest BCUT2D eigenvalue weighted by Crippen LogP contribution is 2.28. The van der Waals surface area contributed by atoms with Gasteiger partial charge in [-0.3, -0.25) is 0 Å². The molecule has 1 aromatic heterocycles. The first-order valence-electron chi connectivity index (χ1n) is 4.99. The van der Waals surface area contributed by atoms with Gasteiger partial charge in [-0.25, -0.2) is 4.98 Å². The van der Waals surface area contributed by atoms with Crippen molar-refractivity contribution in [3.63, 3.8) is 0 Å². The molecule has 74 valence electrons. The molecule has 1 heterocycles. The van der Waals surface area contributed by atoms with E-state index in [9.17, 15) is 0 Å². The van der Waals surface area contributed by atoms with E-state index >= 15 is 0 Å². The molecule has 1 aliphatic rings. The van der Waals surface area contributed by atoms with Crippen molar-refractivity contribution < 1.29 is 0 Å². The third-order valence-electron chi connectivity index (χ3n) is 2.83. The Bertz CT molecular complexity index is 369. The fraction of sp³-hybridized carbons (Fsp3) is 0.417. The predicted octanol–water partition coefficient (Wildman–Crippen LogP) is 3.58. The summed E-state index contributed by atoms with van der Waals surface area (Å²) in [5.41, 5.74) is 2.54. The molecule has 0 saturated heterocycles. The van der Waals surface area contributed by atoms with Gasteiger partial charge in [-0.2, -0.15) is 0 Å². The van der Waals surface area contributed by atoms with E-state index < -0.39 is 0 Å². The van der Waals surface area contributed by atoms with Crippen molar-refractivity contribution in [2.45, 2.75) is 20.3 Å². The lowest BCUT2D eigenvalue weighted by molar-refractivity contribution is 0.461. The van der Waals surface area contributed by atoms with E-state index in [2.05, 4.69) is 31.0 Å². The summed E-state index contributed by atoms with van der Waals surface area (Å²) >= 11 is 5.87. The molecular weight excluding hydrogens is 194 g/mol. The van der Waals surface area contributed by atoms with Crippen molar-refractivity contribution in [1.29, 1.82) is 0 Å². The van der Waals surface area contributed by atoms with Gasteiger partial charge in [0.2, 0.25) is 0 Å². The molecule has 0 amide bonds. The van der Waals surface area contributed by atoms with Gasteiger partial charge in [-0.05, 0) is 35.4 Å². The predicted molar refractivity (Wildman–Crippen MR) is 60.3 cm³/mol. The van der Waals surface area contributed by atoms with Gasteiger partial charge in [-0.1, -0.05) is 37.6 Å². The van der Waals surface area contributed by atoms with Gasteiger partial charge in [0.15, 0.2) is 0 Å².